The Morgan fingerprint density at radius 1 is 0.857 bits per heavy atom. The second kappa shape index (κ2) is 14.7. The van der Waals surface area contributed by atoms with E-state index in [-0.39, 0.29) is 0 Å². The zero-order valence-electron chi connectivity index (χ0n) is 18.7. The molecule has 0 spiro atoms. The maximum Gasteiger partial charge on any atom is 0.0396 e. The van der Waals surface area contributed by atoms with Gasteiger partial charge in [-0.2, -0.15) is 0 Å². The minimum atomic E-state index is 0.834. The van der Waals surface area contributed by atoms with E-state index in [0.717, 1.165) is 23.4 Å². The number of fused-ring (bicyclic) bond motifs is 1. The van der Waals surface area contributed by atoms with Gasteiger partial charge in [-0.1, -0.05) is 91.1 Å². The summed E-state index contributed by atoms with van der Waals surface area (Å²) < 4.78 is 1.27. The Balaban J connectivity index is 0.00000111. The molecule has 2 aromatic carbocycles. The van der Waals surface area contributed by atoms with Crippen molar-refractivity contribution in [2.24, 2.45) is 0 Å². The molecular weight excluding hydrogens is 358 g/mol. The van der Waals surface area contributed by atoms with E-state index in [2.05, 4.69) is 67.0 Å². The lowest BCUT2D eigenvalue weighted by atomic mass is 10.1. The highest BCUT2D eigenvalue weighted by atomic mass is 32.1. The predicted octanol–water partition coefficient (Wildman–Crippen LogP) is 9.18. The molecule has 0 bridgehead atoms. The average molecular weight is 396 g/mol. The van der Waals surface area contributed by atoms with Crippen molar-refractivity contribution in [3.63, 3.8) is 0 Å². The molecule has 1 N–H and O–H groups in total. The lowest BCUT2D eigenvalue weighted by Crippen LogP contribution is -2.01. The van der Waals surface area contributed by atoms with E-state index in [1.54, 1.807) is 11.3 Å². The molecule has 0 aliphatic carbocycles. The van der Waals surface area contributed by atoms with Gasteiger partial charge in [-0.05, 0) is 41.6 Å². The molecule has 0 amide bonds. The van der Waals surface area contributed by atoms with Crippen molar-refractivity contribution in [2.45, 2.75) is 54.9 Å². The SMILES string of the molecule is C=C(Cc1ccccc1)Nc1ccc2cc(C(=C)C)sc2c1.CC.CC.CC. The fourth-order valence-electron chi connectivity index (χ4n) is 2.41. The molecule has 0 fully saturated rings. The van der Waals surface area contributed by atoms with Crippen LogP contribution >= 0.6 is 11.3 Å². The molecule has 0 unspecified atom stereocenters. The molecule has 3 rings (SSSR count). The van der Waals surface area contributed by atoms with Crippen LogP contribution in [0.5, 0.6) is 0 Å². The van der Waals surface area contributed by atoms with Gasteiger partial charge in [-0.15, -0.1) is 11.3 Å². The first-order chi connectivity index (χ1) is 13.6. The fourth-order valence-corrected chi connectivity index (χ4v) is 3.44. The van der Waals surface area contributed by atoms with Crippen molar-refractivity contribution < 1.29 is 0 Å². The molecule has 1 heterocycles. The van der Waals surface area contributed by atoms with E-state index in [1.165, 1.54) is 20.5 Å². The number of allylic oxidation sites excluding steroid dienone is 2. The molecule has 0 saturated heterocycles. The molecule has 0 radical (unpaired) electrons. The van der Waals surface area contributed by atoms with E-state index < -0.39 is 0 Å². The zero-order chi connectivity index (χ0) is 21.5. The molecule has 3 aromatic rings. The Hall–Kier alpha value is -2.32. The topological polar surface area (TPSA) is 12.0 Å². The smallest absolute Gasteiger partial charge is 0.0396 e. The van der Waals surface area contributed by atoms with Crippen molar-refractivity contribution in [1.29, 1.82) is 0 Å². The zero-order valence-corrected chi connectivity index (χ0v) is 19.5. The predicted molar refractivity (Wildman–Crippen MR) is 133 cm³/mol. The molecule has 28 heavy (non-hydrogen) atoms. The number of anilines is 1. The van der Waals surface area contributed by atoms with Crippen molar-refractivity contribution in [2.75, 3.05) is 5.32 Å². The van der Waals surface area contributed by atoms with E-state index in [1.807, 2.05) is 54.5 Å². The van der Waals surface area contributed by atoms with Crippen molar-refractivity contribution in [3.05, 3.63) is 83.9 Å². The standard InChI is InChI=1S/C20H19NS.3C2H6/c1-14(2)19-12-17-9-10-18(13-20(17)22-19)21-15(3)11-16-7-5-4-6-8-16;3*1-2/h4-10,12-13,21H,1,3,11H2,2H3;3*1-2H3. The molecule has 2 heteroatoms. The van der Waals surface area contributed by atoms with Crippen LogP contribution in [-0.2, 0) is 6.42 Å². The van der Waals surface area contributed by atoms with Crippen LogP contribution in [-0.4, -0.2) is 0 Å². The molecule has 0 atom stereocenters. The number of rotatable bonds is 5. The van der Waals surface area contributed by atoms with E-state index in [0.29, 0.717) is 0 Å². The Morgan fingerprint density at radius 2 is 1.46 bits per heavy atom. The van der Waals surface area contributed by atoms with Gasteiger partial charge in [0.25, 0.3) is 0 Å². The monoisotopic (exact) mass is 395 g/mol. The van der Waals surface area contributed by atoms with Gasteiger partial charge in [-0.25, -0.2) is 0 Å². The van der Waals surface area contributed by atoms with Crippen molar-refractivity contribution in [1.82, 2.24) is 0 Å². The Labute approximate surface area is 176 Å². The molecule has 0 aliphatic heterocycles. The van der Waals surface area contributed by atoms with Gasteiger partial charge in [-0.3, -0.25) is 0 Å². The number of nitrogens with one attached hydrogen (secondary N) is 1. The van der Waals surface area contributed by atoms with E-state index in [9.17, 15) is 0 Å². The summed E-state index contributed by atoms with van der Waals surface area (Å²) in [6.07, 6.45) is 0.834. The summed E-state index contributed by atoms with van der Waals surface area (Å²) in [6, 6.07) is 19.0. The summed E-state index contributed by atoms with van der Waals surface area (Å²) in [5.41, 5.74) is 4.47. The van der Waals surface area contributed by atoms with Gasteiger partial charge in [0.05, 0.1) is 0 Å². The second-order valence-corrected chi connectivity index (χ2v) is 6.62. The first kappa shape index (κ1) is 25.7. The van der Waals surface area contributed by atoms with Crippen LogP contribution in [0.15, 0.2) is 73.5 Å². The van der Waals surface area contributed by atoms with Crippen molar-refractivity contribution >= 4 is 32.7 Å². The van der Waals surface area contributed by atoms with Gasteiger partial charge in [0.2, 0.25) is 0 Å². The summed E-state index contributed by atoms with van der Waals surface area (Å²) in [6.45, 7) is 22.2. The highest BCUT2D eigenvalue weighted by molar-refractivity contribution is 7.20. The summed E-state index contributed by atoms with van der Waals surface area (Å²) in [5.74, 6) is 0. The minimum absolute atomic E-state index is 0.834. The normalized spacial score (nSPS) is 8.96. The Morgan fingerprint density at radius 3 is 2.04 bits per heavy atom. The van der Waals surface area contributed by atoms with Gasteiger partial charge >= 0.3 is 0 Å². The molecule has 1 aromatic heterocycles. The third-order valence-electron chi connectivity index (χ3n) is 3.52. The van der Waals surface area contributed by atoms with Crippen LogP contribution in [0.25, 0.3) is 15.7 Å². The third kappa shape index (κ3) is 8.14. The first-order valence-electron chi connectivity index (χ1n) is 10.3. The summed E-state index contributed by atoms with van der Waals surface area (Å²) in [5, 5.41) is 4.68. The lowest BCUT2D eigenvalue weighted by Gasteiger charge is -2.09. The Kier molecular flexibility index (Phi) is 13.5. The summed E-state index contributed by atoms with van der Waals surface area (Å²) in [4.78, 5) is 1.25. The second-order valence-electron chi connectivity index (χ2n) is 5.53. The maximum atomic E-state index is 4.14. The number of benzene rings is 2. The van der Waals surface area contributed by atoms with Crippen LogP contribution in [0.4, 0.5) is 5.69 Å². The third-order valence-corrected chi connectivity index (χ3v) is 4.78. The largest absolute Gasteiger partial charge is 0.359 e. The molecular formula is C26H37NS. The molecule has 1 nitrogen and oxygen atoms in total. The van der Waals surface area contributed by atoms with Gasteiger partial charge < -0.3 is 5.32 Å². The summed E-state index contributed by atoms with van der Waals surface area (Å²) >= 11 is 1.78. The van der Waals surface area contributed by atoms with Gasteiger partial charge in [0.1, 0.15) is 0 Å². The highest BCUT2D eigenvalue weighted by Crippen LogP contribution is 2.31. The van der Waals surface area contributed by atoms with Gasteiger partial charge in [0.15, 0.2) is 0 Å². The molecule has 0 saturated carbocycles. The average Bonchev–Trinajstić information content (AvgIpc) is 3.17. The molecule has 152 valence electrons. The minimum Gasteiger partial charge on any atom is -0.359 e. The van der Waals surface area contributed by atoms with Crippen LogP contribution in [0, 0.1) is 0 Å². The molecule has 0 aliphatic rings. The summed E-state index contributed by atoms with van der Waals surface area (Å²) in [7, 11) is 0. The highest BCUT2D eigenvalue weighted by Gasteiger charge is 2.04. The first-order valence-corrected chi connectivity index (χ1v) is 11.1. The van der Waals surface area contributed by atoms with E-state index >= 15 is 0 Å². The maximum absolute atomic E-state index is 4.14. The van der Waals surface area contributed by atoms with Crippen LogP contribution in [0.2, 0.25) is 0 Å². The lowest BCUT2D eigenvalue weighted by molar-refractivity contribution is 1.16. The van der Waals surface area contributed by atoms with Crippen LogP contribution < -0.4 is 5.32 Å². The van der Waals surface area contributed by atoms with Gasteiger partial charge in [0, 0.05) is 27.4 Å². The van der Waals surface area contributed by atoms with Crippen molar-refractivity contribution in [3.8, 4) is 0 Å². The fraction of sp³-hybridized carbons (Fsp3) is 0.308. The van der Waals surface area contributed by atoms with Crippen LogP contribution in [0.3, 0.4) is 0 Å². The quantitative estimate of drug-likeness (QED) is 0.454. The number of thiophene rings is 1. The number of hydrogen-bond acceptors (Lipinski definition) is 2. The Bertz CT molecular complexity index is 828. The van der Waals surface area contributed by atoms with Crippen LogP contribution in [0.1, 0.15) is 58.9 Å². The van der Waals surface area contributed by atoms with E-state index in [4.69, 9.17) is 0 Å². The number of hydrogen-bond donors (Lipinski definition) is 1.